The third-order valence-electron chi connectivity index (χ3n) is 5.46. The number of likely N-dealkylation sites (N-methyl/N-ethyl adjacent to an activating group) is 1. The molecule has 0 aromatic heterocycles. The molecule has 1 unspecified atom stereocenters. The van der Waals surface area contributed by atoms with Gasteiger partial charge in [-0.3, -0.25) is 15.0 Å². The zero-order chi connectivity index (χ0) is 21.6. The van der Waals surface area contributed by atoms with E-state index in [1.54, 1.807) is 6.92 Å². The number of hydrazine groups is 1. The second-order valence-corrected chi connectivity index (χ2v) is 7.87. The number of carbonyl (C=O) groups excluding carboxylic acids is 3. The molecule has 1 fully saturated rings. The molecule has 30 heavy (non-hydrogen) atoms. The molecule has 0 saturated carbocycles. The van der Waals surface area contributed by atoms with E-state index >= 15 is 0 Å². The number of amides is 4. The van der Waals surface area contributed by atoms with Crippen LogP contribution in [0.2, 0.25) is 0 Å². The zero-order valence-electron chi connectivity index (χ0n) is 17.5. The fourth-order valence-corrected chi connectivity index (χ4v) is 3.58. The van der Waals surface area contributed by atoms with Gasteiger partial charge in [0, 0.05) is 5.56 Å². The van der Waals surface area contributed by atoms with Crippen LogP contribution in [0.25, 0.3) is 0 Å². The summed E-state index contributed by atoms with van der Waals surface area (Å²) in [7, 11) is 0. The Morgan fingerprint density at radius 1 is 1.03 bits per heavy atom. The predicted molar refractivity (Wildman–Crippen MR) is 113 cm³/mol. The van der Waals surface area contributed by atoms with Gasteiger partial charge >= 0.3 is 6.03 Å². The maximum absolute atomic E-state index is 12.9. The molecule has 7 nitrogen and oxygen atoms in total. The minimum absolute atomic E-state index is 0.170. The van der Waals surface area contributed by atoms with Gasteiger partial charge in [0.2, 0.25) is 0 Å². The van der Waals surface area contributed by atoms with E-state index in [4.69, 9.17) is 0 Å². The van der Waals surface area contributed by atoms with E-state index in [0.29, 0.717) is 19.4 Å². The van der Waals surface area contributed by atoms with Crippen LogP contribution in [0, 0.1) is 0 Å². The lowest BCUT2D eigenvalue weighted by Gasteiger charge is -2.22. The summed E-state index contributed by atoms with van der Waals surface area (Å²) in [5.41, 5.74) is 3.67. The summed E-state index contributed by atoms with van der Waals surface area (Å²) >= 11 is 0. The number of urea groups is 1. The predicted octanol–water partition coefficient (Wildman–Crippen LogP) is 1.07. The molecule has 2 aromatic rings. The minimum atomic E-state index is -1.04. The number of aryl methyl sites for hydroxylation is 1. The summed E-state index contributed by atoms with van der Waals surface area (Å²) in [5, 5.41) is 3.55. The van der Waals surface area contributed by atoms with Crippen LogP contribution in [0.4, 0.5) is 4.79 Å². The maximum Gasteiger partial charge on any atom is 0.344 e. The van der Waals surface area contributed by atoms with Gasteiger partial charge in [-0.05, 0) is 32.3 Å². The molecular formula is C23H29N4O3+. The van der Waals surface area contributed by atoms with Gasteiger partial charge in [0.05, 0.1) is 6.54 Å². The van der Waals surface area contributed by atoms with Crippen LogP contribution >= 0.6 is 0 Å². The largest absolute Gasteiger partial charge is 0.344 e. The van der Waals surface area contributed by atoms with Crippen molar-refractivity contribution in [2.24, 2.45) is 0 Å². The standard InChI is InChI=1S/C23H28N4O3/c1-3-26(16-19-12-8-5-9-13-19)17-20(28)25-27-21(29)23(2,24-22(27)30)15-14-18-10-6-4-7-11-18/h4-13H,3,14-17H2,1-2H3,(H,24,30)(H,25,28)/p+1/t23-/m0/s1. The lowest BCUT2D eigenvalue weighted by Crippen LogP contribution is -3.11. The van der Waals surface area contributed by atoms with Gasteiger partial charge in [-0.1, -0.05) is 60.7 Å². The fraction of sp³-hybridized carbons (Fsp3) is 0.348. The maximum atomic E-state index is 12.9. The average Bonchev–Trinajstić information content (AvgIpc) is 2.96. The Hall–Kier alpha value is -3.19. The van der Waals surface area contributed by atoms with E-state index in [-0.39, 0.29) is 12.5 Å². The Bertz CT molecular complexity index is 888. The molecule has 3 N–H and O–H groups in total. The topological polar surface area (TPSA) is 82.9 Å². The molecule has 2 atom stereocenters. The Morgan fingerprint density at radius 2 is 1.63 bits per heavy atom. The van der Waals surface area contributed by atoms with E-state index in [2.05, 4.69) is 10.7 Å². The number of hydrogen-bond acceptors (Lipinski definition) is 3. The van der Waals surface area contributed by atoms with E-state index in [9.17, 15) is 14.4 Å². The van der Waals surface area contributed by atoms with Crippen LogP contribution in [-0.4, -0.2) is 41.5 Å². The lowest BCUT2D eigenvalue weighted by atomic mass is 9.93. The van der Waals surface area contributed by atoms with Crippen LogP contribution in [0.3, 0.4) is 0 Å². The number of benzene rings is 2. The zero-order valence-corrected chi connectivity index (χ0v) is 17.5. The molecule has 2 aromatic carbocycles. The SMILES string of the molecule is CC[NH+](CC(=O)NN1C(=O)N[C@@](C)(CCc2ccccc2)C1=O)Cc1ccccc1. The average molecular weight is 410 g/mol. The normalized spacial score (nSPS) is 19.5. The highest BCUT2D eigenvalue weighted by Crippen LogP contribution is 2.22. The van der Waals surface area contributed by atoms with Gasteiger partial charge in [0.15, 0.2) is 6.54 Å². The van der Waals surface area contributed by atoms with Crippen molar-refractivity contribution in [2.75, 3.05) is 13.1 Å². The van der Waals surface area contributed by atoms with Crippen molar-refractivity contribution in [3.8, 4) is 0 Å². The van der Waals surface area contributed by atoms with Gasteiger partial charge in [0.1, 0.15) is 12.1 Å². The van der Waals surface area contributed by atoms with E-state index in [0.717, 1.165) is 27.6 Å². The van der Waals surface area contributed by atoms with Crippen molar-refractivity contribution in [1.82, 2.24) is 15.8 Å². The quantitative estimate of drug-likeness (QED) is 0.542. The number of rotatable bonds is 9. The molecule has 4 amide bonds. The first-order valence-electron chi connectivity index (χ1n) is 10.3. The van der Waals surface area contributed by atoms with E-state index in [1.807, 2.05) is 67.6 Å². The van der Waals surface area contributed by atoms with Gasteiger partial charge in [-0.15, -0.1) is 0 Å². The molecule has 1 aliphatic rings. The van der Waals surface area contributed by atoms with Gasteiger partial charge in [-0.2, -0.15) is 5.01 Å². The number of nitrogens with zero attached hydrogens (tertiary/aromatic N) is 1. The highest BCUT2D eigenvalue weighted by atomic mass is 16.2. The summed E-state index contributed by atoms with van der Waals surface area (Å²) in [6, 6.07) is 19.1. The molecule has 1 aliphatic heterocycles. The highest BCUT2D eigenvalue weighted by molar-refractivity contribution is 6.07. The molecular weight excluding hydrogens is 380 g/mol. The van der Waals surface area contributed by atoms with Crippen LogP contribution in [-0.2, 0) is 22.6 Å². The van der Waals surface area contributed by atoms with E-state index in [1.165, 1.54) is 0 Å². The first-order valence-corrected chi connectivity index (χ1v) is 10.3. The summed E-state index contributed by atoms with van der Waals surface area (Å²) in [5.74, 6) is -0.795. The van der Waals surface area contributed by atoms with Crippen molar-refractivity contribution >= 4 is 17.8 Å². The smallest absolute Gasteiger partial charge is 0.324 e. The molecule has 3 rings (SSSR count). The first-order chi connectivity index (χ1) is 14.4. The second-order valence-electron chi connectivity index (χ2n) is 7.87. The minimum Gasteiger partial charge on any atom is -0.324 e. The summed E-state index contributed by atoms with van der Waals surface area (Å²) < 4.78 is 0. The van der Waals surface area contributed by atoms with Gasteiger partial charge in [-0.25, -0.2) is 4.79 Å². The summed E-state index contributed by atoms with van der Waals surface area (Å²) in [6.07, 6.45) is 1.10. The molecule has 1 heterocycles. The van der Waals surface area contributed by atoms with Crippen molar-refractivity contribution in [2.45, 2.75) is 38.8 Å². The first kappa shape index (κ1) is 21.5. The molecule has 0 bridgehead atoms. The van der Waals surface area contributed by atoms with Crippen LogP contribution in [0.5, 0.6) is 0 Å². The highest BCUT2D eigenvalue weighted by Gasteiger charge is 2.48. The third kappa shape index (κ3) is 5.24. The molecule has 0 radical (unpaired) electrons. The number of quaternary nitrogens is 1. The third-order valence-corrected chi connectivity index (χ3v) is 5.46. The fourth-order valence-electron chi connectivity index (χ4n) is 3.58. The van der Waals surface area contributed by atoms with Gasteiger partial charge in [0.25, 0.3) is 11.8 Å². The molecule has 1 saturated heterocycles. The lowest BCUT2D eigenvalue weighted by molar-refractivity contribution is -0.904. The molecule has 0 spiro atoms. The summed E-state index contributed by atoms with van der Waals surface area (Å²) in [4.78, 5) is 38.8. The number of imide groups is 1. The Morgan fingerprint density at radius 3 is 2.23 bits per heavy atom. The number of hydrogen-bond donors (Lipinski definition) is 3. The van der Waals surface area contributed by atoms with Crippen molar-refractivity contribution in [3.05, 3.63) is 71.8 Å². The van der Waals surface area contributed by atoms with Crippen LogP contribution in [0.1, 0.15) is 31.4 Å². The number of carbonyl (C=O) groups is 3. The van der Waals surface area contributed by atoms with Crippen LogP contribution < -0.4 is 15.6 Å². The van der Waals surface area contributed by atoms with Gasteiger partial charge < -0.3 is 10.2 Å². The van der Waals surface area contributed by atoms with Crippen molar-refractivity contribution in [3.63, 3.8) is 0 Å². The Kier molecular flexibility index (Phi) is 6.84. The molecule has 158 valence electrons. The van der Waals surface area contributed by atoms with Crippen molar-refractivity contribution < 1.29 is 19.3 Å². The molecule has 7 heteroatoms. The Labute approximate surface area is 177 Å². The Balaban J connectivity index is 1.56. The monoisotopic (exact) mass is 409 g/mol. The molecule has 0 aliphatic carbocycles. The summed E-state index contributed by atoms with van der Waals surface area (Å²) in [6.45, 7) is 5.31. The van der Waals surface area contributed by atoms with Crippen LogP contribution in [0.15, 0.2) is 60.7 Å². The number of nitrogens with one attached hydrogen (secondary N) is 3. The van der Waals surface area contributed by atoms with E-state index < -0.39 is 17.5 Å². The van der Waals surface area contributed by atoms with Crippen molar-refractivity contribution in [1.29, 1.82) is 0 Å². The second kappa shape index (κ2) is 9.54.